The van der Waals surface area contributed by atoms with Crippen molar-refractivity contribution in [3.63, 3.8) is 0 Å². The Balaban J connectivity index is 1.55. The van der Waals surface area contributed by atoms with E-state index in [9.17, 15) is 0 Å². The maximum absolute atomic E-state index is 6.40. The lowest BCUT2D eigenvalue weighted by molar-refractivity contribution is 0.475. The SMILES string of the molecule is Clc1ccc(Cl)c(-c2ccc(C3CC(c4ccccc4)=NN3c3ccccc3I)o2)c1. The zero-order valence-corrected chi connectivity index (χ0v) is 20.0. The molecule has 0 bridgehead atoms. The van der Waals surface area contributed by atoms with E-state index in [0.717, 1.165) is 38.3 Å². The largest absolute Gasteiger partial charge is 0.459 e. The number of hydrogen-bond acceptors (Lipinski definition) is 3. The molecule has 0 N–H and O–H groups in total. The van der Waals surface area contributed by atoms with E-state index in [-0.39, 0.29) is 6.04 Å². The van der Waals surface area contributed by atoms with E-state index in [1.165, 1.54) is 0 Å². The van der Waals surface area contributed by atoms with Crippen LogP contribution in [0, 0.1) is 3.57 Å². The molecular weight excluding hydrogens is 542 g/mol. The molecule has 1 unspecified atom stereocenters. The van der Waals surface area contributed by atoms with Crippen molar-refractivity contribution in [2.45, 2.75) is 12.5 Å². The minimum atomic E-state index is -0.0576. The van der Waals surface area contributed by atoms with Gasteiger partial charge in [0.1, 0.15) is 17.6 Å². The number of hydrazone groups is 1. The van der Waals surface area contributed by atoms with Gasteiger partial charge in [0.2, 0.25) is 0 Å². The van der Waals surface area contributed by atoms with Gasteiger partial charge in [-0.2, -0.15) is 5.10 Å². The minimum absolute atomic E-state index is 0.0576. The number of nitrogens with zero attached hydrogens (tertiary/aromatic N) is 2. The van der Waals surface area contributed by atoms with Crippen LogP contribution < -0.4 is 5.01 Å². The third kappa shape index (κ3) is 4.12. The summed E-state index contributed by atoms with van der Waals surface area (Å²) < 4.78 is 7.44. The first-order valence-corrected chi connectivity index (χ1v) is 11.7. The van der Waals surface area contributed by atoms with Gasteiger partial charge in [0.25, 0.3) is 0 Å². The number of para-hydroxylation sites is 1. The topological polar surface area (TPSA) is 28.7 Å². The molecule has 0 aliphatic carbocycles. The molecule has 5 rings (SSSR count). The molecule has 0 saturated heterocycles. The predicted octanol–water partition coefficient (Wildman–Crippen LogP) is 8.21. The molecule has 4 aromatic rings. The molecule has 3 nitrogen and oxygen atoms in total. The van der Waals surface area contributed by atoms with Crippen LogP contribution in [0.15, 0.2) is 94.4 Å². The maximum Gasteiger partial charge on any atom is 0.135 e. The van der Waals surface area contributed by atoms with Gasteiger partial charge in [-0.3, -0.25) is 5.01 Å². The monoisotopic (exact) mass is 558 g/mol. The number of furan rings is 1. The lowest BCUT2D eigenvalue weighted by Crippen LogP contribution is -2.18. The fourth-order valence-corrected chi connectivity index (χ4v) is 4.78. The van der Waals surface area contributed by atoms with E-state index < -0.39 is 0 Å². The van der Waals surface area contributed by atoms with Crippen LogP contribution in [-0.2, 0) is 0 Å². The van der Waals surface area contributed by atoms with Gasteiger partial charge in [0.15, 0.2) is 0 Å². The van der Waals surface area contributed by atoms with Crippen LogP contribution in [-0.4, -0.2) is 5.71 Å². The van der Waals surface area contributed by atoms with Crippen molar-refractivity contribution in [2.75, 3.05) is 5.01 Å². The van der Waals surface area contributed by atoms with Crippen molar-refractivity contribution >= 4 is 57.2 Å². The molecule has 2 heterocycles. The highest BCUT2D eigenvalue weighted by molar-refractivity contribution is 14.1. The molecule has 0 saturated carbocycles. The molecule has 31 heavy (non-hydrogen) atoms. The van der Waals surface area contributed by atoms with Crippen LogP contribution in [0.2, 0.25) is 10.0 Å². The summed E-state index contributed by atoms with van der Waals surface area (Å²) in [4.78, 5) is 0. The summed E-state index contributed by atoms with van der Waals surface area (Å²) in [5.41, 5.74) is 3.98. The summed E-state index contributed by atoms with van der Waals surface area (Å²) in [6, 6.07) is 27.8. The second-order valence-corrected chi connectivity index (χ2v) is 9.26. The summed E-state index contributed by atoms with van der Waals surface area (Å²) in [6.07, 6.45) is 0.741. The summed E-state index contributed by atoms with van der Waals surface area (Å²) >= 11 is 14.9. The van der Waals surface area contributed by atoms with Crippen LogP contribution in [0.4, 0.5) is 5.69 Å². The highest BCUT2D eigenvalue weighted by Gasteiger charge is 2.33. The first-order chi connectivity index (χ1) is 15.1. The zero-order chi connectivity index (χ0) is 21.4. The molecule has 3 aromatic carbocycles. The second kappa shape index (κ2) is 8.69. The van der Waals surface area contributed by atoms with Gasteiger partial charge >= 0.3 is 0 Å². The average Bonchev–Trinajstić information content (AvgIpc) is 3.44. The highest BCUT2D eigenvalue weighted by Crippen LogP contribution is 2.41. The van der Waals surface area contributed by atoms with E-state index in [1.54, 1.807) is 12.1 Å². The molecule has 0 spiro atoms. The Labute approximate surface area is 204 Å². The van der Waals surface area contributed by atoms with E-state index in [4.69, 9.17) is 32.7 Å². The third-order valence-electron chi connectivity index (χ3n) is 5.27. The van der Waals surface area contributed by atoms with Gasteiger partial charge in [-0.05, 0) is 70.6 Å². The van der Waals surface area contributed by atoms with E-state index in [1.807, 2.05) is 48.5 Å². The first kappa shape index (κ1) is 20.6. The molecular formula is C25H17Cl2IN2O. The van der Waals surface area contributed by atoms with Crippen LogP contribution in [0.3, 0.4) is 0 Å². The van der Waals surface area contributed by atoms with Crippen LogP contribution >= 0.6 is 45.8 Å². The normalized spacial score (nSPS) is 15.9. The van der Waals surface area contributed by atoms with E-state index in [2.05, 4.69) is 51.9 Å². The molecule has 1 aliphatic heterocycles. The minimum Gasteiger partial charge on any atom is -0.459 e. The molecule has 154 valence electrons. The van der Waals surface area contributed by atoms with Crippen molar-refractivity contribution < 1.29 is 4.42 Å². The zero-order valence-electron chi connectivity index (χ0n) is 16.3. The highest BCUT2D eigenvalue weighted by atomic mass is 127. The fraction of sp³-hybridized carbons (Fsp3) is 0.0800. The molecule has 1 aromatic heterocycles. The van der Waals surface area contributed by atoms with Gasteiger partial charge in [-0.1, -0.05) is 65.7 Å². The Bertz CT molecular complexity index is 1270. The Kier molecular flexibility index (Phi) is 5.78. The molecule has 1 aliphatic rings. The Hall–Kier alpha value is -2.28. The molecule has 0 radical (unpaired) electrons. The van der Waals surface area contributed by atoms with Gasteiger partial charge < -0.3 is 4.42 Å². The summed E-state index contributed by atoms with van der Waals surface area (Å²) in [6.45, 7) is 0. The number of halogens is 3. The number of hydrogen-bond donors (Lipinski definition) is 0. The summed E-state index contributed by atoms with van der Waals surface area (Å²) in [5.74, 6) is 1.53. The van der Waals surface area contributed by atoms with Gasteiger partial charge in [0.05, 0.1) is 16.4 Å². The standard InChI is InChI=1S/C25H17Cl2IN2O/c26-17-10-11-19(27)18(14-17)24-12-13-25(31-24)23-15-21(16-6-2-1-3-7-16)29-30(23)22-9-5-4-8-20(22)28/h1-14,23H,15H2. The average molecular weight is 559 g/mol. The summed E-state index contributed by atoms with van der Waals surface area (Å²) in [5, 5.41) is 8.28. The number of benzene rings is 3. The molecule has 0 fully saturated rings. The van der Waals surface area contributed by atoms with Crippen molar-refractivity contribution in [1.82, 2.24) is 0 Å². The Morgan fingerprint density at radius 2 is 1.68 bits per heavy atom. The molecule has 6 heteroatoms. The van der Waals surface area contributed by atoms with E-state index >= 15 is 0 Å². The maximum atomic E-state index is 6.40. The van der Waals surface area contributed by atoms with Crippen molar-refractivity contribution in [1.29, 1.82) is 0 Å². The van der Waals surface area contributed by atoms with Gasteiger partial charge in [-0.25, -0.2) is 0 Å². The van der Waals surface area contributed by atoms with E-state index in [0.29, 0.717) is 15.8 Å². The third-order valence-corrected chi connectivity index (χ3v) is 6.74. The van der Waals surface area contributed by atoms with Gasteiger partial charge in [0, 0.05) is 20.6 Å². The quantitative estimate of drug-likeness (QED) is 0.236. The van der Waals surface area contributed by atoms with Crippen molar-refractivity contribution in [3.8, 4) is 11.3 Å². The Morgan fingerprint density at radius 1 is 0.903 bits per heavy atom. The number of rotatable bonds is 4. The smallest absolute Gasteiger partial charge is 0.135 e. The van der Waals surface area contributed by atoms with Gasteiger partial charge in [-0.15, -0.1) is 0 Å². The first-order valence-electron chi connectivity index (χ1n) is 9.82. The van der Waals surface area contributed by atoms with Crippen LogP contribution in [0.25, 0.3) is 11.3 Å². The molecule has 0 amide bonds. The second-order valence-electron chi connectivity index (χ2n) is 7.25. The van der Waals surface area contributed by atoms with Crippen molar-refractivity contribution in [3.05, 3.63) is 110 Å². The fourth-order valence-electron chi connectivity index (χ4n) is 3.76. The van der Waals surface area contributed by atoms with Crippen LogP contribution in [0.5, 0.6) is 0 Å². The summed E-state index contributed by atoms with van der Waals surface area (Å²) in [7, 11) is 0. The lowest BCUT2D eigenvalue weighted by Gasteiger charge is -2.23. The lowest BCUT2D eigenvalue weighted by atomic mass is 10.0. The number of anilines is 1. The Morgan fingerprint density at radius 3 is 2.48 bits per heavy atom. The molecule has 1 atom stereocenters. The van der Waals surface area contributed by atoms with Crippen molar-refractivity contribution in [2.24, 2.45) is 5.10 Å². The van der Waals surface area contributed by atoms with Crippen LogP contribution in [0.1, 0.15) is 23.8 Å². The predicted molar refractivity (Wildman–Crippen MR) is 136 cm³/mol.